The van der Waals surface area contributed by atoms with Gasteiger partial charge in [0, 0.05) is 6.54 Å². The third-order valence-corrected chi connectivity index (χ3v) is 5.52. The van der Waals surface area contributed by atoms with Crippen molar-refractivity contribution in [1.29, 1.82) is 0 Å². The first-order chi connectivity index (χ1) is 9.76. The molecule has 1 amide bonds. The first-order valence-electron chi connectivity index (χ1n) is 6.01. The summed E-state index contributed by atoms with van der Waals surface area (Å²) in [6, 6.07) is 2.78. The van der Waals surface area contributed by atoms with Crippen molar-refractivity contribution in [2.24, 2.45) is 0 Å². The highest BCUT2D eigenvalue weighted by Crippen LogP contribution is 2.25. The van der Waals surface area contributed by atoms with Gasteiger partial charge in [0.1, 0.15) is 10.8 Å². The highest BCUT2D eigenvalue weighted by Gasteiger charge is 2.21. The van der Waals surface area contributed by atoms with Crippen LogP contribution in [0.2, 0.25) is 4.34 Å². The first kappa shape index (κ1) is 17.9. The number of carbonyl (C=O) groups excluding carboxylic acids is 1. The molecule has 1 aromatic heterocycles. The molecule has 0 saturated carbocycles. The molecule has 0 aliphatic heterocycles. The van der Waals surface area contributed by atoms with Crippen molar-refractivity contribution < 1.29 is 23.1 Å². The number of thiophene rings is 1. The fourth-order valence-corrected chi connectivity index (χ4v) is 4.01. The number of nitrogens with one attached hydrogen (secondary N) is 1. The van der Waals surface area contributed by atoms with Gasteiger partial charge in [-0.15, -0.1) is 11.3 Å². The Balaban J connectivity index is 2.67. The fraction of sp³-hybridized carbons (Fsp3) is 0.455. The highest BCUT2D eigenvalue weighted by molar-refractivity contribution is 7.91. The number of hydrogen-bond acceptors (Lipinski definition) is 5. The van der Waals surface area contributed by atoms with Gasteiger partial charge in [-0.2, -0.15) is 0 Å². The van der Waals surface area contributed by atoms with E-state index in [-0.39, 0.29) is 10.8 Å². The molecule has 2 N–H and O–H groups in total. The lowest BCUT2D eigenvalue weighted by molar-refractivity contribution is -0.144. The molecule has 118 valence electrons. The molecule has 0 aliphatic carbocycles. The van der Waals surface area contributed by atoms with Crippen molar-refractivity contribution in [2.45, 2.75) is 17.6 Å². The van der Waals surface area contributed by atoms with E-state index in [1.54, 1.807) is 6.92 Å². The highest BCUT2D eigenvalue weighted by atomic mass is 35.5. The van der Waals surface area contributed by atoms with Crippen molar-refractivity contribution >= 4 is 44.8 Å². The van der Waals surface area contributed by atoms with Crippen molar-refractivity contribution in [3.8, 4) is 0 Å². The van der Waals surface area contributed by atoms with Gasteiger partial charge in [0.05, 0.1) is 10.9 Å². The average molecular weight is 355 g/mol. The van der Waals surface area contributed by atoms with Gasteiger partial charge in [0.15, 0.2) is 0 Å². The molecule has 0 unspecified atom stereocenters. The summed E-state index contributed by atoms with van der Waals surface area (Å²) in [5.74, 6) is -1.74. The molecular weight excluding hydrogens is 340 g/mol. The largest absolute Gasteiger partial charge is 0.480 e. The lowest BCUT2D eigenvalue weighted by Gasteiger charge is -2.19. The molecule has 10 heteroatoms. The minimum Gasteiger partial charge on any atom is -0.480 e. The molecule has 0 bridgehead atoms. The Morgan fingerprint density at radius 1 is 1.43 bits per heavy atom. The van der Waals surface area contributed by atoms with Gasteiger partial charge in [0.25, 0.3) is 10.0 Å². The zero-order valence-electron chi connectivity index (χ0n) is 11.2. The number of nitrogens with zero attached hydrogens (tertiary/aromatic N) is 1. The number of rotatable bonds is 8. The summed E-state index contributed by atoms with van der Waals surface area (Å²) in [4.78, 5) is 23.6. The van der Waals surface area contributed by atoms with Gasteiger partial charge in [-0.1, -0.05) is 18.5 Å². The summed E-state index contributed by atoms with van der Waals surface area (Å²) in [6.07, 6.45) is 0.576. The van der Waals surface area contributed by atoms with Gasteiger partial charge in [0.2, 0.25) is 5.91 Å². The molecule has 0 radical (unpaired) electrons. The van der Waals surface area contributed by atoms with Crippen LogP contribution in [-0.2, 0) is 19.6 Å². The number of hydrogen-bond donors (Lipinski definition) is 2. The number of carboxylic acid groups (broad SMARTS) is 1. The fourth-order valence-electron chi connectivity index (χ4n) is 1.51. The topological polar surface area (TPSA) is 104 Å². The second-order valence-corrected chi connectivity index (χ2v) is 7.80. The molecule has 0 atom stereocenters. The summed E-state index contributed by atoms with van der Waals surface area (Å²) in [5.41, 5.74) is 0. The first-order valence-corrected chi connectivity index (χ1v) is 8.68. The Hall–Kier alpha value is -1.16. The van der Waals surface area contributed by atoms with E-state index in [1.165, 1.54) is 12.1 Å². The summed E-state index contributed by atoms with van der Waals surface area (Å²) in [6.45, 7) is 1.09. The van der Waals surface area contributed by atoms with E-state index >= 15 is 0 Å². The van der Waals surface area contributed by atoms with Crippen LogP contribution in [0.5, 0.6) is 0 Å². The Bertz CT molecular complexity index is 614. The van der Waals surface area contributed by atoms with Gasteiger partial charge in [-0.25, -0.2) is 13.1 Å². The predicted octanol–water partition coefficient (Wildman–Crippen LogP) is 1.00. The van der Waals surface area contributed by atoms with E-state index in [0.717, 1.165) is 16.2 Å². The molecule has 0 aliphatic rings. The van der Waals surface area contributed by atoms with Crippen molar-refractivity contribution in [1.82, 2.24) is 9.62 Å². The average Bonchev–Trinajstić information content (AvgIpc) is 2.82. The van der Waals surface area contributed by atoms with Gasteiger partial charge < -0.3 is 10.0 Å². The van der Waals surface area contributed by atoms with Gasteiger partial charge in [-0.05, 0) is 18.6 Å². The molecule has 1 aromatic rings. The van der Waals surface area contributed by atoms with E-state index in [1.807, 2.05) is 0 Å². The third kappa shape index (κ3) is 5.62. The SMILES string of the molecule is CCCN(CC(=O)O)C(=O)CNS(=O)(=O)c1ccc(Cl)s1. The maximum Gasteiger partial charge on any atom is 0.323 e. The lowest BCUT2D eigenvalue weighted by atomic mass is 10.4. The minimum absolute atomic E-state index is 0.000533. The Morgan fingerprint density at radius 3 is 2.57 bits per heavy atom. The maximum absolute atomic E-state index is 11.9. The molecule has 1 heterocycles. The van der Waals surface area contributed by atoms with E-state index in [0.29, 0.717) is 10.8 Å². The number of sulfonamides is 1. The standard InChI is InChI=1S/C11H15ClN2O5S2/c1-2-5-14(7-10(16)17)9(15)6-13-21(18,19)11-4-3-8(12)20-11/h3-4,13H,2,5-7H2,1H3,(H,16,17). The predicted molar refractivity (Wildman–Crippen MR) is 79.0 cm³/mol. The second kappa shape index (κ2) is 7.74. The van der Waals surface area contributed by atoms with Crippen LogP contribution >= 0.6 is 22.9 Å². The summed E-state index contributed by atoms with van der Waals surface area (Å²) in [7, 11) is -3.82. The molecule has 7 nitrogen and oxygen atoms in total. The number of amides is 1. The lowest BCUT2D eigenvalue weighted by Crippen LogP contribution is -2.42. The Kier molecular flexibility index (Phi) is 6.59. The molecule has 0 aromatic carbocycles. The third-order valence-electron chi connectivity index (χ3n) is 2.40. The van der Waals surface area contributed by atoms with Crippen LogP contribution in [0.4, 0.5) is 0 Å². The molecule has 0 spiro atoms. The van der Waals surface area contributed by atoms with Crippen LogP contribution in [0.15, 0.2) is 16.3 Å². The molecule has 0 saturated heterocycles. The van der Waals surface area contributed by atoms with Crippen LogP contribution in [0.3, 0.4) is 0 Å². The number of carboxylic acids is 1. The van der Waals surface area contributed by atoms with Crippen LogP contribution in [0, 0.1) is 0 Å². The minimum atomic E-state index is -3.82. The molecule has 1 rings (SSSR count). The Labute approximate surface area is 131 Å². The van der Waals surface area contributed by atoms with E-state index < -0.39 is 35.0 Å². The number of carbonyl (C=O) groups is 2. The zero-order chi connectivity index (χ0) is 16.0. The summed E-state index contributed by atoms with van der Waals surface area (Å²) < 4.78 is 26.3. The normalized spacial score (nSPS) is 11.3. The Morgan fingerprint density at radius 2 is 2.10 bits per heavy atom. The smallest absolute Gasteiger partial charge is 0.323 e. The van der Waals surface area contributed by atoms with Crippen LogP contribution in [-0.4, -0.2) is 49.9 Å². The van der Waals surface area contributed by atoms with Crippen LogP contribution < -0.4 is 4.72 Å². The second-order valence-electron chi connectivity index (χ2n) is 4.09. The number of halogens is 1. The van der Waals surface area contributed by atoms with Crippen molar-refractivity contribution in [3.63, 3.8) is 0 Å². The van der Waals surface area contributed by atoms with Gasteiger partial charge in [-0.3, -0.25) is 9.59 Å². The van der Waals surface area contributed by atoms with E-state index in [9.17, 15) is 18.0 Å². The molecule has 0 fully saturated rings. The van der Waals surface area contributed by atoms with E-state index in [2.05, 4.69) is 4.72 Å². The van der Waals surface area contributed by atoms with E-state index in [4.69, 9.17) is 16.7 Å². The van der Waals surface area contributed by atoms with Crippen molar-refractivity contribution in [3.05, 3.63) is 16.5 Å². The quantitative estimate of drug-likeness (QED) is 0.724. The van der Waals surface area contributed by atoms with Crippen LogP contribution in [0.1, 0.15) is 13.3 Å². The maximum atomic E-state index is 11.9. The monoisotopic (exact) mass is 354 g/mol. The zero-order valence-corrected chi connectivity index (χ0v) is 13.6. The number of aliphatic carboxylic acids is 1. The molecule has 21 heavy (non-hydrogen) atoms. The summed E-state index contributed by atoms with van der Waals surface area (Å²) >= 11 is 6.54. The van der Waals surface area contributed by atoms with Crippen LogP contribution in [0.25, 0.3) is 0 Å². The molecular formula is C11H15ClN2O5S2. The summed E-state index contributed by atoms with van der Waals surface area (Å²) in [5, 5.41) is 8.72. The van der Waals surface area contributed by atoms with Gasteiger partial charge >= 0.3 is 5.97 Å². The van der Waals surface area contributed by atoms with Crippen molar-refractivity contribution in [2.75, 3.05) is 19.6 Å².